The highest BCUT2D eigenvalue weighted by Gasteiger charge is 2.34. The van der Waals surface area contributed by atoms with Gasteiger partial charge in [-0.15, -0.1) is 0 Å². The van der Waals surface area contributed by atoms with Gasteiger partial charge in [0.1, 0.15) is 17.1 Å². The lowest BCUT2D eigenvalue weighted by Crippen LogP contribution is -2.53. The van der Waals surface area contributed by atoms with Gasteiger partial charge in [0.25, 0.3) is 0 Å². The first-order chi connectivity index (χ1) is 17.2. The summed E-state index contributed by atoms with van der Waals surface area (Å²) in [4.78, 5) is 24.0. The van der Waals surface area contributed by atoms with Crippen molar-refractivity contribution in [3.05, 3.63) is 47.9 Å². The molecule has 14 heteroatoms. The van der Waals surface area contributed by atoms with Gasteiger partial charge < -0.3 is 10.2 Å². The van der Waals surface area contributed by atoms with Crippen LogP contribution in [0.1, 0.15) is 32.2 Å². The van der Waals surface area contributed by atoms with E-state index in [2.05, 4.69) is 55.9 Å². The molecular weight excluding hydrogens is 502 g/mol. The maximum atomic E-state index is 13.2. The van der Waals surface area contributed by atoms with Crippen LogP contribution in [0.3, 0.4) is 0 Å². The van der Waals surface area contributed by atoms with Gasteiger partial charge in [-0.25, -0.2) is 4.98 Å². The number of hydrogen-bond donors (Lipinski definition) is 1. The standard InChI is InChI=1S/C23H24F6N8/c1-21(2,3)37-11-9-36(10-12-37)20-34-18(15-5-4-6-16(32-15)22(24,25)26)33-19(35-20)31-14-7-8-30-17(13-14)23(27,28)29/h4-8,13H,9-12H2,1-3H3,(H,30,31,33,34,35). The molecule has 3 aromatic rings. The molecule has 0 bridgehead atoms. The lowest BCUT2D eigenvalue weighted by atomic mass is 10.1. The van der Waals surface area contributed by atoms with E-state index < -0.39 is 23.7 Å². The zero-order valence-electron chi connectivity index (χ0n) is 20.2. The highest BCUT2D eigenvalue weighted by Crippen LogP contribution is 2.31. The molecular formula is C23H24F6N8. The molecule has 4 rings (SSSR count). The van der Waals surface area contributed by atoms with Crippen LogP contribution in [0.4, 0.5) is 43.9 Å². The number of alkyl halides is 6. The predicted molar refractivity (Wildman–Crippen MR) is 124 cm³/mol. The van der Waals surface area contributed by atoms with Crippen LogP contribution in [-0.4, -0.2) is 61.5 Å². The number of hydrogen-bond acceptors (Lipinski definition) is 8. The van der Waals surface area contributed by atoms with Crippen LogP contribution in [0.5, 0.6) is 0 Å². The SMILES string of the molecule is CC(C)(C)N1CCN(c2nc(Nc3ccnc(C(F)(F)F)c3)nc(-c3cccc(C(F)(F)F)n3)n2)CC1. The van der Waals surface area contributed by atoms with Gasteiger partial charge in [-0.2, -0.15) is 41.3 Å². The number of pyridine rings is 2. The first-order valence-corrected chi connectivity index (χ1v) is 11.3. The monoisotopic (exact) mass is 526 g/mol. The van der Waals surface area contributed by atoms with Gasteiger partial charge in [0.05, 0.1) is 0 Å². The fourth-order valence-electron chi connectivity index (χ4n) is 3.76. The Hall–Kier alpha value is -3.55. The molecule has 0 amide bonds. The van der Waals surface area contributed by atoms with E-state index in [0.29, 0.717) is 26.2 Å². The molecule has 0 unspecified atom stereocenters. The van der Waals surface area contributed by atoms with Crippen molar-refractivity contribution >= 4 is 17.6 Å². The van der Waals surface area contributed by atoms with Gasteiger partial charge in [-0.1, -0.05) is 6.07 Å². The highest BCUT2D eigenvalue weighted by molar-refractivity contribution is 5.59. The van der Waals surface area contributed by atoms with E-state index in [1.807, 2.05) is 4.90 Å². The zero-order valence-corrected chi connectivity index (χ0v) is 20.2. The Bertz CT molecular complexity index is 1250. The Morgan fingerprint density at radius 3 is 2.08 bits per heavy atom. The van der Waals surface area contributed by atoms with E-state index in [0.717, 1.165) is 18.3 Å². The quantitative estimate of drug-likeness (QED) is 0.474. The maximum Gasteiger partial charge on any atom is 0.433 e. The van der Waals surface area contributed by atoms with Crippen LogP contribution in [0.2, 0.25) is 0 Å². The topological polar surface area (TPSA) is 83.0 Å². The van der Waals surface area contributed by atoms with Crippen molar-refractivity contribution in [2.75, 3.05) is 36.4 Å². The third-order valence-electron chi connectivity index (χ3n) is 5.71. The molecule has 0 saturated carbocycles. The number of piperazine rings is 1. The van der Waals surface area contributed by atoms with E-state index in [-0.39, 0.29) is 34.6 Å². The van der Waals surface area contributed by atoms with Crippen molar-refractivity contribution in [2.45, 2.75) is 38.7 Å². The largest absolute Gasteiger partial charge is 0.433 e. The molecule has 3 aromatic heterocycles. The average molecular weight is 526 g/mol. The molecule has 198 valence electrons. The molecule has 0 radical (unpaired) electrons. The lowest BCUT2D eigenvalue weighted by Gasteiger charge is -2.42. The number of anilines is 3. The Labute approximate surface area is 208 Å². The number of halogens is 6. The fraction of sp³-hybridized carbons (Fsp3) is 0.435. The molecule has 1 aliphatic rings. The van der Waals surface area contributed by atoms with Crippen LogP contribution in [-0.2, 0) is 12.4 Å². The second kappa shape index (κ2) is 9.72. The van der Waals surface area contributed by atoms with Gasteiger partial charge in [0.2, 0.25) is 11.9 Å². The summed E-state index contributed by atoms with van der Waals surface area (Å²) in [7, 11) is 0. The molecule has 0 aliphatic carbocycles. The summed E-state index contributed by atoms with van der Waals surface area (Å²) >= 11 is 0. The minimum Gasteiger partial charge on any atom is -0.338 e. The highest BCUT2D eigenvalue weighted by atomic mass is 19.4. The second-order valence-electron chi connectivity index (χ2n) is 9.39. The number of aromatic nitrogens is 5. The summed E-state index contributed by atoms with van der Waals surface area (Å²) in [5, 5.41) is 2.69. The Balaban J connectivity index is 1.71. The average Bonchev–Trinajstić information content (AvgIpc) is 2.83. The Morgan fingerprint density at radius 2 is 1.46 bits per heavy atom. The molecule has 8 nitrogen and oxygen atoms in total. The summed E-state index contributed by atoms with van der Waals surface area (Å²) in [6.45, 7) is 8.72. The van der Waals surface area contributed by atoms with Crippen molar-refractivity contribution < 1.29 is 26.3 Å². The first-order valence-electron chi connectivity index (χ1n) is 11.3. The summed E-state index contributed by atoms with van der Waals surface area (Å²) in [6, 6.07) is 5.41. The van der Waals surface area contributed by atoms with Crippen molar-refractivity contribution in [1.29, 1.82) is 0 Å². The normalized spacial score (nSPS) is 15.6. The molecule has 0 atom stereocenters. The second-order valence-corrected chi connectivity index (χ2v) is 9.39. The minimum atomic E-state index is -4.68. The summed E-state index contributed by atoms with van der Waals surface area (Å²) in [5.41, 5.74) is -2.45. The third kappa shape index (κ3) is 6.42. The summed E-state index contributed by atoms with van der Waals surface area (Å²) in [5.74, 6) is -0.121. The number of rotatable bonds is 4. The van der Waals surface area contributed by atoms with Crippen LogP contribution in [0.15, 0.2) is 36.5 Å². The molecule has 1 saturated heterocycles. The lowest BCUT2D eigenvalue weighted by molar-refractivity contribution is -0.141. The van der Waals surface area contributed by atoms with Gasteiger partial charge in [0, 0.05) is 43.6 Å². The smallest absolute Gasteiger partial charge is 0.338 e. The van der Waals surface area contributed by atoms with E-state index in [4.69, 9.17) is 0 Å². The Morgan fingerprint density at radius 1 is 0.784 bits per heavy atom. The van der Waals surface area contributed by atoms with Crippen molar-refractivity contribution in [3.8, 4) is 11.5 Å². The Kier molecular flexibility index (Phi) is 6.97. The minimum absolute atomic E-state index is 0.0000201. The molecule has 1 N–H and O–H groups in total. The van der Waals surface area contributed by atoms with E-state index in [1.54, 1.807) is 0 Å². The molecule has 0 aromatic carbocycles. The van der Waals surface area contributed by atoms with Gasteiger partial charge in [-0.3, -0.25) is 9.88 Å². The molecule has 4 heterocycles. The molecule has 1 fully saturated rings. The summed E-state index contributed by atoms with van der Waals surface area (Å²) in [6.07, 6.45) is -8.36. The van der Waals surface area contributed by atoms with Gasteiger partial charge in [0.15, 0.2) is 5.82 Å². The summed E-state index contributed by atoms with van der Waals surface area (Å²) < 4.78 is 79.1. The van der Waals surface area contributed by atoms with E-state index in [9.17, 15) is 26.3 Å². The molecule has 37 heavy (non-hydrogen) atoms. The van der Waals surface area contributed by atoms with Gasteiger partial charge >= 0.3 is 12.4 Å². The number of nitrogens with zero attached hydrogens (tertiary/aromatic N) is 7. The van der Waals surface area contributed by atoms with Crippen LogP contribution in [0.25, 0.3) is 11.5 Å². The van der Waals surface area contributed by atoms with Crippen LogP contribution >= 0.6 is 0 Å². The predicted octanol–water partition coefficient (Wildman–Crippen LogP) is 5.03. The van der Waals surface area contributed by atoms with Crippen LogP contribution < -0.4 is 10.2 Å². The molecule has 0 spiro atoms. The fourth-order valence-corrected chi connectivity index (χ4v) is 3.76. The molecule has 1 aliphatic heterocycles. The van der Waals surface area contributed by atoms with Crippen molar-refractivity contribution in [1.82, 2.24) is 29.8 Å². The van der Waals surface area contributed by atoms with Crippen molar-refractivity contribution in [2.24, 2.45) is 0 Å². The number of nitrogens with one attached hydrogen (secondary N) is 1. The van der Waals surface area contributed by atoms with E-state index in [1.165, 1.54) is 18.2 Å². The third-order valence-corrected chi connectivity index (χ3v) is 5.71. The first kappa shape index (κ1) is 26.5. The van der Waals surface area contributed by atoms with Crippen LogP contribution in [0, 0.1) is 0 Å². The van der Waals surface area contributed by atoms with Gasteiger partial charge in [-0.05, 0) is 45.0 Å². The zero-order chi connectivity index (χ0) is 27.0. The maximum absolute atomic E-state index is 13.2. The van der Waals surface area contributed by atoms with Crippen molar-refractivity contribution in [3.63, 3.8) is 0 Å². The van der Waals surface area contributed by atoms with E-state index >= 15 is 0 Å².